The molecule has 4 N–H and O–H groups in total. The lowest BCUT2D eigenvalue weighted by Gasteiger charge is -2.33. The maximum Gasteiger partial charge on any atom is 0.328 e. The second-order valence-electron chi connectivity index (χ2n) is 26.2. The van der Waals surface area contributed by atoms with E-state index in [0.717, 1.165) is 50.3 Å². The second kappa shape index (κ2) is 39.9. The SMILES string of the molecule is CC1=C(/C=C/C(C)=C/C=C/C(C)=C/C(=O)O)C(C)(C)CCC1.CC1=C(/C=C/C(C)=C/C=C/C(C)=C\C(=O)O)C(C)(C)CCC1.CC1=C(/C=C/C(C)=C\C=C\C(C)=C\C(=O)O)C(C)(C)CCC1.COc1cc(C)c(/C=C/C(C)=C/C=C/C(C)=C/C(=O)O)c(C)c1C. The van der Waals surface area contributed by atoms with Gasteiger partial charge in [0.2, 0.25) is 0 Å². The van der Waals surface area contributed by atoms with E-state index in [-0.39, 0.29) is 16.2 Å². The first kappa shape index (κ1) is 80.0. The monoisotopic (exact) mass is 1230 g/mol. The topological polar surface area (TPSA) is 158 Å². The fourth-order valence-corrected chi connectivity index (χ4v) is 11.0. The van der Waals surface area contributed by atoms with Gasteiger partial charge in [-0.3, -0.25) is 0 Å². The highest BCUT2D eigenvalue weighted by molar-refractivity contribution is 5.82. The molecular weight excluding hydrogens is 1120 g/mol. The molecule has 1 aromatic rings. The van der Waals surface area contributed by atoms with Crippen molar-refractivity contribution in [2.75, 3.05) is 7.11 Å². The van der Waals surface area contributed by atoms with Gasteiger partial charge in [-0.25, -0.2) is 19.2 Å². The van der Waals surface area contributed by atoms with Crippen molar-refractivity contribution in [2.45, 2.75) is 196 Å². The summed E-state index contributed by atoms with van der Waals surface area (Å²) in [5, 5.41) is 34.6. The molecule has 0 heterocycles. The summed E-state index contributed by atoms with van der Waals surface area (Å²) in [6.07, 6.45) is 56.0. The first-order valence-electron chi connectivity index (χ1n) is 31.5. The summed E-state index contributed by atoms with van der Waals surface area (Å²) in [5.74, 6) is -2.75. The zero-order valence-electron chi connectivity index (χ0n) is 58.6. The summed E-state index contributed by atoms with van der Waals surface area (Å²) in [6.45, 7) is 42.1. The van der Waals surface area contributed by atoms with E-state index in [2.05, 4.69) is 159 Å². The van der Waals surface area contributed by atoms with Crippen molar-refractivity contribution >= 4 is 30.0 Å². The number of carboxylic acids is 4. The van der Waals surface area contributed by atoms with Gasteiger partial charge < -0.3 is 25.2 Å². The minimum atomic E-state index is -0.932. The number of benzene rings is 1. The average molecular weight is 1230 g/mol. The van der Waals surface area contributed by atoms with Crippen molar-refractivity contribution in [1.29, 1.82) is 0 Å². The van der Waals surface area contributed by atoms with Gasteiger partial charge in [0.25, 0.3) is 0 Å². The molecule has 4 rings (SSSR count). The van der Waals surface area contributed by atoms with Crippen LogP contribution in [0.2, 0.25) is 0 Å². The van der Waals surface area contributed by atoms with Gasteiger partial charge in [0.1, 0.15) is 5.75 Å². The average Bonchev–Trinajstić information content (AvgIpc) is 0.889. The summed E-state index contributed by atoms with van der Waals surface area (Å²) in [6, 6.07) is 2.06. The van der Waals surface area contributed by atoms with Crippen LogP contribution < -0.4 is 4.74 Å². The van der Waals surface area contributed by atoms with E-state index in [4.69, 9.17) is 25.2 Å². The fourth-order valence-electron chi connectivity index (χ4n) is 11.0. The summed E-state index contributed by atoms with van der Waals surface area (Å²) >= 11 is 0. The van der Waals surface area contributed by atoms with E-state index >= 15 is 0 Å². The lowest BCUT2D eigenvalue weighted by Crippen LogP contribution is -2.19. The summed E-state index contributed by atoms with van der Waals surface area (Å²) < 4.78 is 5.40. The third kappa shape index (κ3) is 31.9. The molecule has 0 saturated carbocycles. The number of carbonyl (C=O) groups is 4. The molecule has 3 aliphatic rings. The number of aliphatic carboxylic acids is 4. The third-order valence-corrected chi connectivity index (χ3v) is 16.3. The number of rotatable bonds is 21. The molecule has 0 amide bonds. The Kier molecular flexibility index (Phi) is 35.4. The van der Waals surface area contributed by atoms with E-state index < -0.39 is 23.9 Å². The molecule has 0 fully saturated rings. The van der Waals surface area contributed by atoms with Crippen LogP contribution in [0.1, 0.15) is 198 Å². The number of allylic oxidation sites excluding steroid dienone is 33. The predicted molar refractivity (Wildman–Crippen MR) is 382 cm³/mol. The number of carboxylic acid groups (broad SMARTS) is 4. The molecular formula is C81H110O9. The molecule has 90 heavy (non-hydrogen) atoms. The zero-order valence-corrected chi connectivity index (χ0v) is 58.6. The summed E-state index contributed by atoms with van der Waals surface area (Å²) in [4.78, 5) is 42.2. The van der Waals surface area contributed by atoms with Crippen LogP contribution in [0.5, 0.6) is 5.75 Å². The Bertz CT molecular complexity index is 3060. The van der Waals surface area contributed by atoms with E-state index in [9.17, 15) is 19.2 Å². The molecule has 0 spiro atoms. The van der Waals surface area contributed by atoms with Crippen LogP contribution in [0.25, 0.3) is 6.08 Å². The lowest BCUT2D eigenvalue weighted by atomic mass is 9.72. The standard InChI is InChI=1S/C21H26O3.3C20H28O2/c1-14(8-7-9-15(2)12-21(22)23)10-11-19-16(3)13-20(24-6)18(5)17(19)4;3*1-15(8-6-9-16(2)14-19(21)22)11-12-18-17(3)10-7-13-20(18,4)5/h7-13H,1-6H3,(H,22,23);3*6,8-9,11-12,14H,7,10,13H2,1-5H3,(H,21,22)/b9-7+,11-10+,14-8+,15-12+;9-6+,12-11+,15-8+,16-14+;9-6+,12-11+,15-8+,16-14-;9-6+,12-11+,15-8-,16-14+. The normalized spacial score (nSPS) is 18.3. The number of ether oxygens (including phenoxy) is 1. The van der Waals surface area contributed by atoms with Gasteiger partial charge in [0.05, 0.1) is 7.11 Å². The number of methoxy groups -OCH3 is 1. The van der Waals surface area contributed by atoms with Crippen molar-refractivity contribution in [3.8, 4) is 5.75 Å². The zero-order chi connectivity index (χ0) is 68.5. The first-order chi connectivity index (χ1) is 41.9. The van der Waals surface area contributed by atoms with Crippen LogP contribution in [0.4, 0.5) is 0 Å². The van der Waals surface area contributed by atoms with Crippen molar-refractivity contribution in [3.05, 3.63) is 246 Å². The lowest BCUT2D eigenvalue weighted by molar-refractivity contribution is -0.132. The highest BCUT2D eigenvalue weighted by Crippen LogP contribution is 2.43. The number of aryl methyl sites for hydroxylation is 1. The molecule has 0 saturated heterocycles. The van der Waals surface area contributed by atoms with Crippen LogP contribution in [-0.2, 0) is 19.2 Å². The number of hydrogen-bond acceptors (Lipinski definition) is 5. The van der Waals surface area contributed by atoms with E-state index in [1.807, 2.05) is 55.5 Å². The summed E-state index contributed by atoms with van der Waals surface area (Å²) in [5.41, 5.74) is 21.8. The Labute approximate surface area is 543 Å². The molecule has 0 aliphatic heterocycles. The Morgan fingerprint density at radius 2 is 0.644 bits per heavy atom. The molecule has 0 radical (unpaired) electrons. The largest absolute Gasteiger partial charge is 0.496 e. The highest BCUT2D eigenvalue weighted by Gasteiger charge is 2.28. The number of hydrogen-bond donors (Lipinski definition) is 4. The minimum absolute atomic E-state index is 0.260. The molecule has 0 bridgehead atoms. The minimum Gasteiger partial charge on any atom is -0.496 e. The van der Waals surface area contributed by atoms with Crippen LogP contribution in [0.15, 0.2) is 224 Å². The molecule has 9 nitrogen and oxygen atoms in total. The van der Waals surface area contributed by atoms with Crippen LogP contribution >= 0.6 is 0 Å². The Morgan fingerprint density at radius 3 is 0.878 bits per heavy atom. The molecule has 0 atom stereocenters. The summed E-state index contributed by atoms with van der Waals surface area (Å²) in [7, 11) is 1.69. The molecule has 488 valence electrons. The molecule has 9 heteroatoms. The van der Waals surface area contributed by atoms with Crippen LogP contribution in [-0.4, -0.2) is 51.4 Å². The highest BCUT2D eigenvalue weighted by atomic mass is 16.5. The molecule has 0 aromatic heterocycles. The Balaban J connectivity index is 0.000000600. The van der Waals surface area contributed by atoms with E-state index in [0.29, 0.717) is 5.57 Å². The predicted octanol–water partition coefficient (Wildman–Crippen LogP) is 22.0. The fraction of sp³-hybridized carbons (Fsp3) is 0.407. The quantitative estimate of drug-likeness (QED) is 0.0694. The van der Waals surface area contributed by atoms with Crippen molar-refractivity contribution in [2.24, 2.45) is 16.2 Å². The second-order valence-corrected chi connectivity index (χ2v) is 26.2. The first-order valence-corrected chi connectivity index (χ1v) is 31.5. The van der Waals surface area contributed by atoms with Gasteiger partial charge in [0.15, 0.2) is 0 Å². The third-order valence-electron chi connectivity index (χ3n) is 16.3. The van der Waals surface area contributed by atoms with Gasteiger partial charge in [-0.15, -0.1) is 0 Å². The van der Waals surface area contributed by atoms with E-state index in [1.165, 1.54) is 132 Å². The molecule has 3 aliphatic carbocycles. The van der Waals surface area contributed by atoms with Gasteiger partial charge in [-0.05, 0) is 238 Å². The van der Waals surface area contributed by atoms with Crippen molar-refractivity contribution < 1.29 is 44.3 Å². The van der Waals surface area contributed by atoms with Crippen LogP contribution in [0.3, 0.4) is 0 Å². The maximum absolute atomic E-state index is 10.6. The Hall–Kier alpha value is -8.04. The van der Waals surface area contributed by atoms with Crippen molar-refractivity contribution in [1.82, 2.24) is 0 Å². The van der Waals surface area contributed by atoms with Crippen molar-refractivity contribution in [3.63, 3.8) is 0 Å². The van der Waals surface area contributed by atoms with Gasteiger partial charge in [-0.2, -0.15) is 0 Å². The van der Waals surface area contributed by atoms with E-state index in [1.54, 1.807) is 59.1 Å². The maximum atomic E-state index is 10.6. The molecule has 1 aromatic carbocycles. The van der Waals surface area contributed by atoms with Gasteiger partial charge >= 0.3 is 23.9 Å². The Morgan fingerprint density at radius 1 is 0.389 bits per heavy atom. The van der Waals surface area contributed by atoms with Crippen LogP contribution in [0, 0.1) is 37.0 Å². The van der Waals surface area contributed by atoms with Gasteiger partial charge in [0, 0.05) is 24.3 Å². The smallest absolute Gasteiger partial charge is 0.328 e. The molecule has 0 unspecified atom stereocenters. The van der Waals surface area contributed by atoms with Gasteiger partial charge in [-0.1, -0.05) is 202 Å².